The van der Waals surface area contributed by atoms with E-state index in [-0.39, 0.29) is 37.3 Å². The Balaban J connectivity index is 1.39. The normalized spacial score (nSPS) is 27.3. The predicted octanol–water partition coefficient (Wildman–Crippen LogP) is 2.66. The van der Waals surface area contributed by atoms with Crippen LogP contribution in [0.15, 0.2) is 0 Å². The summed E-state index contributed by atoms with van der Waals surface area (Å²) in [7, 11) is -1.22. The highest BCUT2D eigenvalue weighted by atomic mass is 28.3. The summed E-state index contributed by atoms with van der Waals surface area (Å²) in [4.78, 5) is 29.4. The molecule has 3 saturated heterocycles. The first kappa shape index (κ1) is 22.2. The van der Waals surface area contributed by atoms with Crippen molar-refractivity contribution in [3.8, 4) is 0 Å². The Morgan fingerprint density at radius 1 is 1.03 bits per heavy atom. The molecule has 170 valence electrons. The maximum atomic E-state index is 13.2. The van der Waals surface area contributed by atoms with E-state index in [1.807, 2.05) is 0 Å². The van der Waals surface area contributed by atoms with Crippen molar-refractivity contribution in [1.82, 2.24) is 9.80 Å². The van der Waals surface area contributed by atoms with E-state index in [0.717, 1.165) is 31.7 Å². The smallest absolute Gasteiger partial charge is 0.329 e. The van der Waals surface area contributed by atoms with Gasteiger partial charge in [0.2, 0.25) is 0 Å². The topological polar surface area (TPSA) is 77.5 Å². The van der Waals surface area contributed by atoms with Gasteiger partial charge in [-0.25, -0.2) is 9.69 Å². The molecule has 0 aromatic rings. The van der Waals surface area contributed by atoms with Crippen LogP contribution < -0.4 is 0 Å². The van der Waals surface area contributed by atoms with Crippen LogP contribution in [0.5, 0.6) is 0 Å². The van der Waals surface area contributed by atoms with Crippen LogP contribution in [0.25, 0.3) is 0 Å². The Hall–Kier alpha value is -1.00. The number of hydrogen-bond acceptors (Lipinski definition) is 6. The molecule has 3 aliphatic heterocycles. The van der Waals surface area contributed by atoms with E-state index < -0.39 is 19.4 Å². The molecule has 4 fully saturated rings. The zero-order valence-electron chi connectivity index (χ0n) is 18.8. The molecular weight excluding hydrogens is 404 g/mol. The van der Waals surface area contributed by atoms with Gasteiger partial charge in [-0.1, -0.05) is 26.6 Å². The number of ether oxygens (including phenoxy) is 4. The molecule has 0 radical (unpaired) electrons. The lowest BCUT2D eigenvalue weighted by atomic mass is 9.72. The number of hydrogen-bond donors (Lipinski definition) is 0. The second-order valence-electron chi connectivity index (χ2n) is 10.9. The van der Waals surface area contributed by atoms with Crippen LogP contribution in [0.3, 0.4) is 0 Å². The van der Waals surface area contributed by atoms with Gasteiger partial charge in [0.25, 0.3) is 5.91 Å². The van der Waals surface area contributed by atoms with E-state index in [0.29, 0.717) is 26.4 Å². The third-order valence-corrected chi connectivity index (χ3v) is 8.80. The standard InChI is InChI=1S/C21H36N2O6Si/c1-19(5-7-21(8-6-19)28-9-10-29-21)13-23-18(25)22(16-26-11-12-30(2,3)4)17(24)20(23)14-27-15-20/h5-16H2,1-4H3. The van der Waals surface area contributed by atoms with Crippen molar-refractivity contribution in [1.29, 1.82) is 0 Å². The number of urea groups is 1. The number of rotatable bonds is 7. The first-order valence-corrected chi connectivity index (χ1v) is 14.9. The van der Waals surface area contributed by atoms with Gasteiger partial charge in [-0.2, -0.15) is 0 Å². The molecule has 8 nitrogen and oxygen atoms in total. The molecule has 0 aromatic heterocycles. The van der Waals surface area contributed by atoms with Gasteiger partial charge in [-0.05, 0) is 24.3 Å². The SMILES string of the molecule is CC1(CN2C(=O)N(COCC[Si](C)(C)C)C(=O)C23COC3)CCC2(CC1)OCCO2. The molecule has 4 rings (SSSR count). The van der Waals surface area contributed by atoms with Crippen LogP contribution in [0.4, 0.5) is 4.79 Å². The van der Waals surface area contributed by atoms with E-state index in [2.05, 4.69) is 26.6 Å². The molecule has 0 N–H and O–H groups in total. The highest BCUT2D eigenvalue weighted by molar-refractivity contribution is 6.76. The summed E-state index contributed by atoms with van der Waals surface area (Å²) in [5, 5.41) is 0. The molecule has 1 saturated carbocycles. The van der Waals surface area contributed by atoms with Crippen molar-refractivity contribution in [3.63, 3.8) is 0 Å². The first-order chi connectivity index (χ1) is 14.1. The second-order valence-corrected chi connectivity index (χ2v) is 16.5. The Labute approximate surface area is 180 Å². The van der Waals surface area contributed by atoms with Crippen molar-refractivity contribution in [2.24, 2.45) is 5.41 Å². The van der Waals surface area contributed by atoms with Crippen LogP contribution in [0, 0.1) is 5.41 Å². The van der Waals surface area contributed by atoms with Crippen LogP contribution in [-0.4, -0.2) is 87.4 Å². The fraction of sp³-hybridized carbons (Fsp3) is 0.905. The predicted molar refractivity (Wildman–Crippen MR) is 113 cm³/mol. The molecular formula is C21H36N2O6Si. The van der Waals surface area contributed by atoms with Crippen molar-refractivity contribution in [3.05, 3.63) is 0 Å². The summed E-state index contributed by atoms with van der Waals surface area (Å²) in [6.07, 6.45) is 3.45. The average molecular weight is 441 g/mol. The molecule has 0 atom stereocenters. The Kier molecular flexibility index (Phi) is 5.81. The van der Waals surface area contributed by atoms with Crippen LogP contribution in [-0.2, 0) is 23.7 Å². The fourth-order valence-electron chi connectivity index (χ4n) is 4.78. The van der Waals surface area contributed by atoms with E-state index in [1.165, 1.54) is 4.90 Å². The molecule has 2 spiro atoms. The zero-order valence-corrected chi connectivity index (χ0v) is 19.8. The lowest BCUT2D eigenvalue weighted by Crippen LogP contribution is -2.65. The maximum absolute atomic E-state index is 13.2. The highest BCUT2D eigenvalue weighted by Gasteiger charge is 2.63. The fourth-order valence-corrected chi connectivity index (χ4v) is 5.54. The van der Waals surface area contributed by atoms with Gasteiger partial charge in [-0.15, -0.1) is 0 Å². The van der Waals surface area contributed by atoms with Crippen molar-refractivity contribution in [2.75, 3.05) is 46.3 Å². The first-order valence-electron chi connectivity index (χ1n) is 11.2. The van der Waals surface area contributed by atoms with Crippen molar-refractivity contribution >= 4 is 20.0 Å². The molecule has 9 heteroatoms. The minimum Gasteiger partial charge on any atom is -0.375 e. The number of nitrogens with zero attached hydrogens (tertiary/aromatic N) is 2. The largest absolute Gasteiger partial charge is 0.375 e. The maximum Gasteiger partial charge on any atom is 0.329 e. The Morgan fingerprint density at radius 2 is 1.67 bits per heavy atom. The zero-order chi connectivity index (χ0) is 21.6. The molecule has 3 heterocycles. The van der Waals surface area contributed by atoms with Gasteiger partial charge in [0, 0.05) is 34.1 Å². The Bertz CT molecular complexity index is 673. The van der Waals surface area contributed by atoms with Crippen LogP contribution in [0.2, 0.25) is 25.7 Å². The van der Waals surface area contributed by atoms with E-state index in [1.54, 1.807) is 4.90 Å². The monoisotopic (exact) mass is 440 g/mol. The van der Waals surface area contributed by atoms with E-state index in [4.69, 9.17) is 18.9 Å². The molecule has 0 aromatic carbocycles. The van der Waals surface area contributed by atoms with Gasteiger partial charge in [0.1, 0.15) is 6.73 Å². The third kappa shape index (κ3) is 4.06. The van der Waals surface area contributed by atoms with Crippen LogP contribution >= 0.6 is 0 Å². The summed E-state index contributed by atoms with van der Waals surface area (Å²) in [5.74, 6) is -0.609. The lowest BCUT2D eigenvalue weighted by molar-refractivity contribution is -0.194. The number of carbonyl (C=O) groups excluding carboxylic acids is 2. The van der Waals surface area contributed by atoms with Crippen molar-refractivity contribution in [2.45, 2.75) is 69.6 Å². The Morgan fingerprint density at radius 3 is 2.20 bits per heavy atom. The van der Waals surface area contributed by atoms with Gasteiger partial charge in [0.05, 0.1) is 26.4 Å². The molecule has 0 unspecified atom stereocenters. The third-order valence-electron chi connectivity index (χ3n) is 7.09. The molecule has 30 heavy (non-hydrogen) atoms. The van der Waals surface area contributed by atoms with Gasteiger partial charge in [-0.3, -0.25) is 4.79 Å². The summed E-state index contributed by atoms with van der Waals surface area (Å²) in [6.45, 7) is 12.1. The average Bonchev–Trinajstić information content (AvgIpc) is 3.17. The highest BCUT2D eigenvalue weighted by Crippen LogP contribution is 2.47. The van der Waals surface area contributed by atoms with Gasteiger partial charge >= 0.3 is 6.03 Å². The van der Waals surface area contributed by atoms with Crippen molar-refractivity contribution < 1.29 is 28.5 Å². The molecule has 0 bridgehead atoms. The summed E-state index contributed by atoms with van der Waals surface area (Å²) in [5.41, 5.74) is -0.925. The molecule has 1 aliphatic carbocycles. The van der Waals surface area contributed by atoms with Crippen LogP contribution in [0.1, 0.15) is 32.6 Å². The lowest BCUT2D eigenvalue weighted by Gasteiger charge is -2.48. The minimum absolute atomic E-state index is 0.0297. The number of carbonyl (C=O) groups is 2. The summed E-state index contributed by atoms with van der Waals surface area (Å²) >= 11 is 0. The van der Waals surface area contributed by atoms with Gasteiger partial charge < -0.3 is 23.8 Å². The second kappa shape index (κ2) is 7.85. The molecule has 3 amide bonds. The van der Waals surface area contributed by atoms with Gasteiger partial charge in [0.15, 0.2) is 11.3 Å². The quantitative estimate of drug-likeness (QED) is 0.344. The molecule has 4 aliphatic rings. The van der Waals surface area contributed by atoms with E-state index >= 15 is 0 Å². The number of amides is 3. The summed E-state index contributed by atoms with van der Waals surface area (Å²) in [6, 6.07) is 0.761. The number of imide groups is 1. The minimum atomic E-state index is -1.22. The summed E-state index contributed by atoms with van der Waals surface area (Å²) < 4.78 is 22.9. The van der Waals surface area contributed by atoms with E-state index in [9.17, 15) is 9.59 Å².